The van der Waals surface area contributed by atoms with E-state index in [1.54, 1.807) is 0 Å². The van der Waals surface area contributed by atoms with Crippen LogP contribution in [0.3, 0.4) is 0 Å². The molecule has 0 unspecified atom stereocenters. The van der Waals surface area contributed by atoms with Crippen molar-refractivity contribution >= 4 is 11.5 Å². The molecule has 1 N–H and O–H groups in total. The molecule has 0 amide bonds. The highest BCUT2D eigenvalue weighted by molar-refractivity contribution is 5.44. The number of nitro groups is 1. The molecule has 0 aliphatic heterocycles. The van der Waals surface area contributed by atoms with Gasteiger partial charge in [-0.05, 0) is 0 Å². The predicted octanol–water partition coefficient (Wildman–Crippen LogP) is 1.02. The molecule has 0 fully saturated rings. The van der Waals surface area contributed by atoms with Crippen LogP contribution in [0.5, 0.6) is 0 Å². The SMILES string of the molecule is COC(CNc1cc([N+](=O)[O-])ccn1)OC. The number of pyridine rings is 1. The van der Waals surface area contributed by atoms with Crippen molar-refractivity contribution in [2.24, 2.45) is 0 Å². The first-order chi connectivity index (χ1) is 7.67. The van der Waals surface area contributed by atoms with Crippen LogP contribution in [0, 0.1) is 10.1 Å². The van der Waals surface area contributed by atoms with E-state index >= 15 is 0 Å². The van der Waals surface area contributed by atoms with E-state index in [4.69, 9.17) is 9.47 Å². The fraction of sp³-hybridized carbons (Fsp3) is 0.444. The van der Waals surface area contributed by atoms with E-state index < -0.39 is 11.2 Å². The van der Waals surface area contributed by atoms with Crippen molar-refractivity contribution in [2.45, 2.75) is 6.29 Å². The van der Waals surface area contributed by atoms with Crippen LogP contribution in [0.1, 0.15) is 0 Å². The van der Waals surface area contributed by atoms with Gasteiger partial charge in [0.25, 0.3) is 5.69 Å². The van der Waals surface area contributed by atoms with Gasteiger partial charge in [0.15, 0.2) is 6.29 Å². The Morgan fingerprint density at radius 1 is 1.56 bits per heavy atom. The highest BCUT2D eigenvalue weighted by atomic mass is 16.7. The third-order valence-electron chi connectivity index (χ3n) is 1.93. The van der Waals surface area contributed by atoms with Gasteiger partial charge in [0.05, 0.1) is 17.5 Å². The molecule has 7 nitrogen and oxygen atoms in total. The maximum absolute atomic E-state index is 10.5. The Bertz CT molecular complexity index is 354. The van der Waals surface area contributed by atoms with E-state index in [9.17, 15) is 10.1 Å². The number of methoxy groups -OCH3 is 2. The second-order valence-corrected chi connectivity index (χ2v) is 2.94. The Morgan fingerprint density at radius 3 is 2.81 bits per heavy atom. The smallest absolute Gasteiger partial charge is 0.274 e. The summed E-state index contributed by atoms with van der Waals surface area (Å²) in [5.41, 5.74) is -0.0103. The minimum atomic E-state index is -0.475. The number of anilines is 1. The third kappa shape index (κ3) is 3.44. The van der Waals surface area contributed by atoms with Crippen LogP contribution in [0.4, 0.5) is 11.5 Å². The average Bonchev–Trinajstić information content (AvgIpc) is 2.31. The third-order valence-corrected chi connectivity index (χ3v) is 1.93. The average molecular weight is 227 g/mol. The summed E-state index contributed by atoms with van der Waals surface area (Å²) in [5, 5.41) is 13.4. The minimum absolute atomic E-state index is 0.0103. The summed E-state index contributed by atoms with van der Waals surface area (Å²) >= 11 is 0. The standard InChI is InChI=1S/C9H13N3O4/c1-15-9(16-2)6-11-8-5-7(12(13)14)3-4-10-8/h3-5,9H,6H2,1-2H3,(H,10,11). The molecule has 0 radical (unpaired) electrons. The van der Waals surface area contributed by atoms with Crippen molar-refractivity contribution in [3.8, 4) is 0 Å². The van der Waals surface area contributed by atoms with E-state index in [2.05, 4.69) is 10.3 Å². The lowest BCUT2D eigenvalue weighted by Crippen LogP contribution is -2.23. The van der Waals surface area contributed by atoms with Crippen LogP contribution >= 0.6 is 0 Å². The van der Waals surface area contributed by atoms with E-state index in [0.717, 1.165) is 0 Å². The maximum Gasteiger partial charge on any atom is 0.274 e. The van der Waals surface area contributed by atoms with Crippen LogP contribution in [0.25, 0.3) is 0 Å². The van der Waals surface area contributed by atoms with Crippen molar-refractivity contribution in [2.75, 3.05) is 26.1 Å². The molecule has 1 heterocycles. The first kappa shape index (κ1) is 12.3. The lowest BCUT2D eigenvalue weighted by molar-refractivity contribution is -0.384. The van der Waals surface area contributed by atoms with Crippen LogP contribution in [-0.2, 0) is 9.47 Å². The van der Waals surface area contributed by atoms with Crippen LogP contribution in [-0.4, -0.2) is 37.0 Å². The van der Waals surface area contributed by atoms with Crippen molar-refractivity contribution < 1.29 is 14.4 Å². The molecule has 1 aromatic rings. The summed E-state index contributed by atoms with van der Waals surface area (Å²) in [6.07, 6.45) is 0.954. The van der Waals surface area contributed by atoms with Gasteiger partial charge in [-0.3, -0.25) is 10.1 Å². The molecule has 88 valence electrons. The second-order valence-electron chi connectivity index (χ2n) is 2.94. The van der Waals surface area contributed by atoms with Crippen molar-refractivity contribution in [1.82, 2.24) is 4.98 Å². The number of hydrogen-bond acceptors (Lipinski definition) is 6. The number of aromatic nitrogens is 1. The van der Waals surface area contributed by atoms with Gasteiger partial charge >= 0.3 is 0 Å². The molecule has 16 heavy (non-hydrogen) atoms. The molecule has 1 rings (SSSR count). The van der Waals surface area contributed by atoms with Gasteiger partial charge in [0.2, 0.25) is 0 Å². The quantitative estimate of drug-likeness (QED) is 0.443. The topological polar surface area (TPSA) is 86.5 Å². The second kappa shape index (κ2) is 5.99. The molecule has 7 heteroatoms. The Hall–Kier alpha value is -1.73. The summed E-state index contributed by atoms with van der Waals surface area (Å²) in [4.78, 5) is 14.0. The van der Waals surface area contributed by atoms with Gasteiger partial charge in [-0.25, -0.2) is 4.98 Å². The molecule has 0 saturated heterocycles. The zero-order chi connectivity index (χ0) is 12.0. The number of ether oxygens (including phenoxy) is 2. The highest BCUT2D eigenvalue weighted by Crippen LogP contribution is 2.14. The fourth-order valence-electron chi connectivity index (χ4n) is 1.08. The van der Waals surface area contributed by atoms with Crippen LogP contribution in [0.15, 0.2) is 18.3 Å². The highest BCUT2D eigenvalue weighted by Gasteiger charge is 2.08. The molecule has 0 aliphatic carbocycles. The molecule has 0 aliphatic rings. The Labute approximate surface area is 92.5 Å². The first-order valence-corrected chi connectivity index (χ1v) is 4.57. The van der Waals surface area contributed by atoms with Gasteiger partial charge in [0, 0.05) is 26.5 Å². The predicted molar refractivity (Wildman–Crippen MR) is 57.2 cm³/mol. The summed E-state index contributed by atoms with van der Waals surface area (Å²) in [6.45, 7) is 0.362. The first-order valence-electron chi connectivity index (χ1n) is 4.57. The number of hydrogen-bond donors (Lipinski definition) is 1. The van der Waals surface area contributed by atoms with Gasteiger partial charge in [-0.2, -0.15) is 0 Å². The molecule has 0 spiro atoms. The fourth-order valence-corrected chi connectivity index (χ4v) is 1.08. The Morgan fingerprint density at radius 2 is 2.25 bits per heavy atom. The molecular weight excluding hydrogens is 214 g/mol. The summed E-state index contributed by atoms with van der Waals surface area (Å²) < 4.78 is 9.91. The minimum Gasteiger partial charge on any atom is -0.365 e. The maximum atomic E-state index is 10.5. The van der Waals surface area contributed by atoms with E-state index in [1.165, 1.54) is 32.5 Å². The molecule has 0 atom stereocenters. The van der Waals surface area contributed by atoms with Crippen molar-refractivity contribution in [3.63, 3.8) is 0 Å². The number of rotatable bonds is 6. The van der Waals surface area contributed by atoms with Crippen molar-refractivity contribution in [1.29, 1.82) is 0 Å². The lowest BCUT2D eigenvalue weighted by atomic mass is 10.4. The van der Waals surface area contributed by atoms with Crippen LogP contribution in [0.2, 0.25) is 0 Å². The van der Waals surface area contributed by atoms with Gasteiger partial charge < -0.3 is 14.8 Å². The molecule has 0 aromatic carbocycles. The summed E-state index contributed by atoms with van der Waals surface area (Å²) in [5.74, 6) is 0.410. The van der Waals surface area contributed by atoms with Gasteiger partial charge in [-0.1, -0.05) is 0 Å². The van der Waals surface area contributed by atoms with E-state index in [0.29, 0.717) is 12.4 Å². The molecule has 0 saturated carbocycles. The lowest BCUT2D eigenvalue weighted by Gasteiger charge is -2.14. The monoisotopic (exact) mass is 227 g/mol. The van der Waals surface area contributed by atoms with Crippen LogP contribution < -0.4 is 5.32 Å². The number of nitrogens with zero attached hydrogens (tertiary/aromatic N) is 2. The largest absolute Gasteiger partial charge is 0.365 e. The summed E-state index contributed by atoms with van der Waals surface area (Å²) in [6, 6.07) is 2.68. The van der Waals surface area contributed by atoms with Gasteiger partial charge in [0.1, 0.15) is 5.82 Å². The Kier molecular flexibility index (Phi) is 4.62. The molecular formula is C9H13N3O4. The number of nitrogens with one attached hydrogen (secondary N) is 1. The zero-order valence-electron chi connectivity index (χ0n) is 9.04. The zero-order valence-corrected chi connectivity index (χ0v) is 9.04. The molecule has 1 aromatic heterocycles. The van der Waals surface area contributed by atoms with Gasteiger partial charge in [-0.15, -0.1) is 0 Å². The summed E-state index contributed by atoms with van der Waals surface area (Å²) in [7, 11) is 3.02. The molecule has 0 bridgehead atoms. The van der Waals surface area contributed by atoms with Crippen molar-refractivity contribution in [3.05, 3.63) is 28.4 Å². The Balaban J connectivity index is 2.60. The normalized spacial score (nSPS) is 10.4. The van der Waals surface area contributed by atoms with E-state index in [1.807, 2.05) is 0 Å². The van der Waals surface area contributed by atoms with E-state index in [-0.39, 0.29) is 5.69 Å².